The zero-order chi connectivity index (χ0) is 13.7. The number of carbonyl (C=O) groups is 2. The van der Waals surface area contributed by atoms with E-state index in [1.54, 1.807) is 33.0 Å². The van der Waals surface area contributed by atoms with Gasteiger partial charge in [-0.25, -0.2) is 4.79 Å². The average molecular weight is 314 g/mol. The third kappa shape index (κ3) is 2.90. The van der Waals surface area contributed by atoms with Crippen LogP contribution in [0.1, 0.15) is 41.0 Å². The Hall–Kier alpha value is -1.36. The van der Waals surface area contributed by atoms with Crippen molar-refractivity contribution in [3.63, 3.8) is 0 Å². The molecule has 1 aromatic rings. The van der Waals surface area contributed by atoms with Gasteiger partial charge in [-0.3, -0.25) is 4.79 Å². The van der Waals surface area contributed by atoms with E-state index in [1.807, 2.05) is 0 Å². The van der Waals surface area contributed by atoms with Gasteiger partial charge in [0.15, 0.2) is 5.78 Å². The summed E-state index contributed by atoms with van der Waals surface area (Å²) in [7, 11) is 1.71. The number of ketones is 1. The van der Waals surface area contributed by atoms with Gasteiger partial charge in [-0.1, -0.05) is 6.92 Å². The zero-order valence-corrected chi connectivity index (χ0v) is 12.3. The summed E-state index contributed by atoms with van der Waals surface area (Å²) in [5.41, 5.74) is 1.30. The SMILES string of the molecule is CCOC(=O)c1ccc(Br)c(NC)c1C(=O)CC. The van der Waals surface area contributed by atoms with Gasteiger partial charge in [0.1, 0.15) is 0 Å². The maximum atomic E-state index is 12.0. The number of benzene rings is 1. The minimum atomic E-state index is -0.474. The highest BCUT2D eigenvalue weighted by atomic mass is 79.9. The number of carbonyl (C=O) groups excluding carboxylic acids is 2. The smallest absolute Gasteiger partial charge is 0.338 e. The van der Waals surface area contributed by atoms with Gasteiger partial charge in [-0.2, -0.15) is 0 Å². The highest BCUT2D eigenvalue weighted by Gasteiger charge is 2.22. The van der Waals surface area contributed by atoms with Crippen LogP contribution in [0.2, 0.25) is 0 Å². The number of anilines is 1. The van der Waals surface area contributed by atoms with E-state index in [4.69, 9.17) is 4.74 Å². The first-order chi connectivity index (χ1) is 8.56. The Morgan fingerprint density at radius 3 is 2.50 bits per heavy atom. The lowest BCUT2D eigenvalue weighted by Crippen LogP contribution is -2.14. The summed E-state index contributed by atoms with van der Waals surface area (Å²) in [6, 6.07) is 3.33. The van der Waals surface area contributed by atoms with Crippen LogP contribution in [-0.4, -0.2) is 25.4 Å². The van der Waals surface area contributed by atoms with Crippen molar-refractivity contribution in [2.75, 3.05) is 19.0 Å². The summed E-state index contributed by atoms with van der Waals surface area (Å²) in [6.07, 6.45) is 0.331. The van der Waals surface area contributed by atoms with Crippen LogP contribution in [0.4, 0.5) is 5.69 Å². The lowest BCUT2D eigenvalue weighted by molar-refractivity contribution is 0.0523. The molecule has 0 aliphatic carbocycles. The average Bonchev–Trinajstić information content (AvgIpc) is 2.37. The number of halogens is 1. The molecule has 0 aliphatic rings. The van der Waals surface area contributed by atoms with E-state index in [1.165, 1.54) is 0 Å². The molecule has 1 rings (SSSR count). The van der Waals surface area contributed by atoms with Crippen molar-refractivity contribution < 1.29 is 14.3 Å². The van der Waals surface area contributed by atoms with Gasteiger partial charge in [0, 0.05) is 17.9 Å². The lowest BCUT2D eigenvalue weighted by atomic mass is 9.99. The molecule has 5 heteroatoms. The molecule has 0 radical (unpaired) electrons. The monoisotopic (exact) mass is 313 g/mol. The molecule has 18 heavy (non-hydrogen) atoms. The van der Waals surface area contributed by atoms with E-state index in [-0.39, 0.29) is 12.4 Å². The van der Waals surface area contributed by atoms with Crippen molar-refractivity contribution in [3.8, 4) is 0 Å². The molecule has 0 heterocycles. The van der Waals surface area contributed by atoms with Crippen molar-refractivity contribution in [2.24, 2.45) is 0 Å². The first-order valence-electron chi connectivity index (χ1n) is 5.77. The van der Waals surface area contributed by atoms with Crippen LogP contribution in [0.5, 0.6) is 0 Å². The minimum Gasteiger partial charge on any atom is -0.462 e. The summed E-state index contributed by atoms with van der Waals surface area (Å²) >= 11 is 3.36. The first-order valence-corrected chi connectivity index (χ1v) is 6.56. The van der Waals surface area contributed by atoms with E-state index in [2.05, 4.69) is 21.2 Å². The molecule has 98 valence electrons. The van der Waals surface area contributed by atoms with Crippen LogP contribution in [0.15, 0.2) is 16.6 Å². The van der Waals surface area contributed by atoms with E-state index < -0.39 is 5.97 Å². The Labute approximate surface area is 115 Å². The van der Waals surface area contributed by atoms with Gasteiger partial charge in [-0.05, 0) is 35.0 Å². The fraction of sp³-hybridized carbons (Fsp3) is 0.385. The number of hydrogen-bond acceptors (Lipinski definition) is 4. The fourth-order valence-electron chi connectivity index (χ4n) is 1.67. The molecule has 0 saturated carbocycles. The normalized spacial score (nSPS) is 10.0. The Morgan fingerprint density at radius 1 is 1.33 bits per heavy atom. The summed E-state index contributed by atoms with van der Waals surface area (Å²) < 4.78 is 5.71. The van der Waals surface area contributed by atoms with Crippen molar-refractivity contribution in [1.82, 2.24) is 0 Å². The summed E-state index contributed by atoms with van der Waals surface area (Å²) in [5.74, 6) is -0.568. The number of rotatable bonds is 5. The van der Waals surface area contributed by atoms with Gasteiger partial charge in [0.05, 0.1) is 23.4 Å². The van der Waals surface area contributed by atoms with E-state index in [0.29, 0.717) is 23.2 Å². The van der Waals surface area contributed by atoms with Gasteiger partial charge in [0.2, 0.25) is 0 Å². The number of esters is 1. The molecule has 1 N–H and O–H groups in total. The maximum absolute atomic E-state index is 12.0. The second-order valence-corrected chi connectivity index (χ2v) is 4.45. The standard InChI is InChI=1S/C13H16BrNO3/c1-4-10(16)11-8(13(17)18-5-2)6-7-9(14)12(11)15-3/h6-7,15H,4-5H2,1-3H3. The number of ether oxygens (including phenoxy) is 1. The molecular formula is C13H16BrNO3. The van der Waals surface area contributed by atoms with E-state index in [9.17, 15) is 9.59 Å². The highest BCUT2D eigenvalue weighted by Crippen LogP contribution is 2.30. The predicted molar refractivity (Wildman–Crippen MR) is 74.3 cm³/mol. The fourth-order valence-corrected chi connectivity index (χ4v) is 2.20. The van der Waals surface area contributed by atoms with Crippen molar-refractivity contribution >= 4 is 33.4 Å². The molecular weight excluding hydrogens is 298 g/mol. The molecule has 0 bridgehead atoms. The van der Waals surface area contributed by atoms with Gasteiger partial charge >= 0.3 is 5.97 Å². The van der Waals surface area contributed by atoms with Crippen LogP contribution in [-0.2, 0) is 4.74 Å². The van der Waals surface area contributed by atoms with Crippen molar-refractivity contribution in [2.45, 2.75) is 20.3 Å². The van der Waals surface area contributed by atoms with Gasteiger partial charge in [-0.15, -0.1) is 0 Å². The van der Waals surface area contributed by atoms with Crippen LogP contribution in [0, 0.1) is 0 Å². The minimum absolute atomic E-state index is 0.0938. The third-order valence-electron chi connectivity index (χ3n) is 2.50. The maximum Gasteiger partial charge on any atom is 0.338 e. The molecule has 0 aromatic heterocycles. The van der Waals surface area contributed by atoms with Crippen molar-refractivity contribution in [3.05, 3.63) is 27.7 Å². The topological polar surface area (TPSA) is 55.4 Å². The largest absolute Gasteiger partial charge is 0.462 e. The van der Waals surface area contributed by atoms with E-state index in [0.717, 1.165) is 4.47 Å². The lowest BCUT2D eigenvalue weighted by Gasteiger charge is -2.14. The Morgan fingerprint density at radius 2 is 2.00 bits per heavy atom. The Balaban J connectivity index is 3.42. The Kier molecular flexibility index (Phi) is 5.34. The molecule has 0 atom stereocenters. The number of nitrogens with one attached hydrogen (secondary N) is 1. The third-order valence-corrected chi connectivity index (χ3v) is 3.16. The van der Waals surface area contributed by atoms with Crippen molar-refractivity contribution in [1.29, 1.82) is 0 Å². The quantitative estimate of drug-likeness (QED) is 0.669. The molecule has 0 fully saturated rings. The second kappa shape index (κ2) is 6.54. The summed E-state index contributed by atoms with van der Waals surface area (Å²) in [5, 5.41) is 2.94. The highest BCUT2D eigenvalue weighted by molar-refractivity contribution is 9.10. The molecule has 4 nitrogen and oxygen atoms in total. The van der Waals surface area contributed by atoms with Crippen LogP contribution in [0.25, 0.3) is 0 Å². The molecule has 1 aromatic carbocycles. The number of hydrogen-bond donors (Lipinski definition) is 1. The van der Waals surface area contributed by atoms with Crippen LogP contribution in [0.3, 0.4) is 0 Å². The predicted octanol–water partition coefficient (Wildman–Crippen LogP) is 3.26. The molecule has 0 aliphatic heterocycles. The molecule has 0 amide bonds. The van der Waals surface area contributed by atoms with Crippen LogP contribution >= 0.6 is 15.9 Å². The molecule has 0 spiro atoms. The van der Waals surface area contributed by atoms with Crippen LogP contribution < -0.4 is 5.32 Å². The molecule has 0 saturated heterocycles. The summed E-state index contributed by atoms with van der Waals surface area (Å²) in [4.78, 5) is 23.9. The zero-order valence-electron chi connectivity index (χ0n) is 10.7. The Bertz CT molecular complexity index is 472. The van der Waals surface area contributed by atoms with E-state index >= 15 is 0 Å². The summed E-state index contributed by atoms with van der Waals surface area (Å²) in [6.45, 7) is 3.78. The second-order valence-electron chi connectivity index (χ2n) is 3.59. The number of Topliss-reactive ketones (excluding diaryl/α,β-unsaturated/α-hetero) is 1. The molecule has 0 unspecified atom stereocenters. The van der Waals surface area contributed by atoms with Gasteiger partial charge in [0.25, 0.3) is 0 Å². The van der Waals surface area contributed by atoms with Gasteiger partial charge < -0.3 is 10.1 Å². The first kappa shape index (κ1) is 14.7.